The molecule has 2 nitrogen and oxygen atoms in total. The number of hydrogen-bond donors (Lipinski definition) is 2. The first-order valence-electron chi connectivity index (χ1n) is 14.9. The molecular weight excluding hydrogens is 716 g/mol. The van der Waals surface area contributed by atoms with E-state index in [1.54, 1.807) is 0 Å². The predicted octanol–water partition coefficient (Wildman–Crippen LogP) is 12.0. The summed E-state index contributed by atoms with van der Waals surface area (Å²) in [4.78, 5) is 0. The molecular formula is C32H36F16N2. The quantitative estimate of drug-likeness (QED) is 0.158. The van der Waals surface area contributed by atoms with Gasteiger partial charge in [0.15, 0.2) is 0 Å². The first-order chi connectivity index (χ1) is 22.0. The highest BCUT2D eigenvalue weighted by Gasteiger charge is 2.95. The van der Waals surface area contributed by atoms with Gasteiger partial charge in [-0.15, -0.1) is 0 Å². The fourth-order valence-corrected chi connectivity index (χ4v) is 5.22. The highest BCUT2D eigenvalue weighted by atomic mass is 19.4. The molecule has 0 aliphatic carbocycles. The Balaban J connectivity index is 2.84. The number of alkyl halides is 16. The molecule has 0 radical (unpaired) electrons. The van der Waals surface area contributed by atoms with Crippen LogP contribution in [0, 0.1) is 0 Å². The van der Waals surface area contributed by atoms with Crippen molar-refractivity contribution < 1.29 is 70.2 Å². The van der Waals surface area contributed by atoms with Crippen molar-refractivity contribution in [3.8, 4) is 0 Å². The van der Waals surface area contributed by atoms with Gasteiger partial charge in [0, 0.05) is 22.5 Å². The van der Waals surface area contributed by atoms with E-state index in [9.17, 15) is 52.7 Å². The number of benzene rings is 2. The maximum atomic E-state index is 15.2. The molecule has 0 aromatic heterocycles. The normalized spacial score (nSPS) is 14.9. The van der Waals surface area contributed by atoms with E-state index in [1.807, 2.05) is 0 Å². The van der Waals surface area contributed by atoms with Crippen molar-refractivity contribution in [2.24, 2.45) is 0 Å². The number of halogens is 16. The molecule has 2 rings (SSSR count). The minimum absolute atomic E-state index is 0.0684. The lowest BCUT2D eigenvalue weighted by Crippen LogP contribution is -2.74. The lowest BCUT2D eigenvalue weighted by Gasteiger charge is -2.44. The number of hydrogen-bond acceptors (Lipinski definition) is 2. The fourth-order valence-electron chi connectivity index (χ4n) is 5.22. The predicted molar refractivity (Wildman–Crippen MR) is 156 cm³/mol. The minimum atomic E-state index is -8.54. The topological polar surface area (TPSA) is 52.0 Å². The molecule has 0 aliphatic rings. The fraction of sp³-hybridized carbons (Fsp3) is 0.625. The van der Waals surface area contributed by atoms with Crippen LogP contribution >= 0.6 is 0 Å². The molecule has 286 valence electrons. The lowest BCUT2D eigenvalue weighted by molar-refractivity contribution is -0.456. The van der Waals surface area contributed by atoms with Crippen molar-refractivity contribution in [3.63, 3.8) is 0 Å². The Hall–Kier alpha value is -3.08. The Bertz CT molecular complexity index is 1390. The Morgan fingerprint density at radius 1 is 0.340 bits per heavy atom. The Kier molecular flexibility index (Phi) is 11.1. The van der Waals surface area contributed by atoms with Gasteiger partial charge in [0.2, 0.25) is 0 Å². The van der Waals surface area contributed by atoms with Crippen LogP contribution < -0.4 is 11.5 Å². The number of anilines is 2. The zero-order chi connectivity index (χ0) is 39.8. The minimum Gasteiger partial charge on any atom is -0.398 e. The monoisotopic (exact) mass is 752 g/mol. The lowest BCUT2D eigenvalue weighted by atomic mass is 9.82. The zero-order valence-corrected chi connectivity index (χ0v) is 27.8. The highest BCUT2D eigenvalue weighted by Crippen LogP contribution is 2.66. The van der Waals surface area contributed by atoms with Crippen LogP contribution in [0.4, 0.5) is 81.6 Å². The molecule has 0 aliphatic heterocycles. The number of rotatable bonds is 13. The third kappa shape index (κ3) is 6.03. The molecule has 2 aromatic carbocycles. The summed E-state index contributed by atoms with van der Waals surface area (Å²) >= 11 is 0. The highest BCUT2D eigenvalue weighted by molar-refractivity contribution is 5.60. The van der Waals surface area contributed by atoms with Gasteiger partial charge in [0.25, 0.3) is 0 Å². The first-order valence-corrected chi connectivity index (χ1v) is 14.9. The van der Waals surface area contributed by atoms with Gasteiger partial charge < -0.3 is 11.5 Å². The van der Waals surface area contributed by atoms with E-state index in [1.165, 1.54) is 55.4 Å². The van der Waals surface area contributed by atoms with Crippen molar-refractivity contribution >= 4 is 11.4 Å². The second-order valence-corrected chi connectivity index (χ2v) is 13.4. The van der Waals surface area contributed by atoms with Gasteiger partial charge in [-0.1, -0.05) is 55.4 Å². The standard InChI is InChI=1S/C32H36F16N2/c1-13(2)19-9-17(10-20(14(3)4)23(19)49)25(33,34)27(37,38)29(41,42)31(45,46)32(47,48)30(43,44)28(39,40)26(35,36)18-11-21(15(5)6)24(50)22(12-18)16(7)8/h9-16H,49-50H2,1-8H3. The van der Waals surface area contributed by atoms with Crippen LogP contribution in [-0.4, -0.2) is 35.5 Å². The molecule has 18 heteroatoms. The zero-order valence-electron chi connectivity index (χ0n) is 27.8. The van der Waals surface area contributed by atoms with E-state index >= 15 is 17.6 Å². The van der Waals surface area contributed by atoms with Crippen LogP contribution in [0.5, 0.6) is 0 Å². The Morgan fingerprint density at radius 3 is 0.660 bits per heavy atom. The number of nitrogens with two attached hydrogens (primary N) is 2. The van der Waals surface area contributed by atoms with E-state index < -0.39 is 104 Å². The first kappa shape index (κ1) is 43.1. The second-order valence-electron chi connectivity index (χ2n) is 13.4. The molecule has 0 saturated heterocycles. The average molecular weight is 753 g/mol. The van der Waals surface area contributed by atoms with E-state index in [0.29, 0.717) is 0 Å². The third-order valence-corrected chi connectivity index (χ3v) is 8.46. The van der Waals surface area contributed by atoms with Gasteiger partial charge in [0.1, 0.15) is 0 Å². The summed E-state index contributed by atoms with van der Waals surface area (Å²) in [6.07, 6.45) is 0. The molecule has 2 aromatic rings. The molecule has 0 atom stereocenters. The van der Waals surface area contributed by atoms with Crippen LogP contribution in [-0.2, 0) is 11.8 Å². The van der Waals surface area contributed by atoms with Crippen molar-refractivity contribution in [1.29, 1.82) is 0 Å². The van der Waals surface area contributed by atoms with Crippen LogP contribution in [0.2, 0.25) is 0 Å². The van der Waals surface area contributed by atoms with Crippen molar-refractivity contribution in [3.05, 3.63) is 57.6 Å². The SMILES string of the molecule is CC(C)c1cc(C(F)(F)C(F)(F)C(F)(F)C(F)(F)C(F)(F)C(F)(F)C(F)(F)C(F)(F)c2cc(C(C)C)c(N)c(C(C)C)c2)cc(C(C)C)c1N. The molecule has 0 fully saturated rings. The molecule has 0 unspecified atom stereocenters. The summed E-state index contributed by atoms with van der Waals surface area (Å²) in [6, 6.07) is 0.273. The van der Waals surface area contributed by atoms with E-state index in [-0.39, 0.29) is 35.6 Å². The number of nitrogen functional groups attached to an aromatic ring is 2. The van der Waals surface area contributed by atoms with E-state index in [0.717, 1.165) is 0 Å². The summed E-state index contributed by atoms with van der Waals surface area (Å²) in [6.45, 7) is 10.1. The van der Waals surface area contributed by atoms with Gasteiger partial charge in [-0.3, -0.25) is 0 Å². The largest absolute Gasteiger partial charge is 0.398 e. The summed E-state index contributed by atoms with van der Waals surface area (Å²) in [5, 5.41) is 0. The molecule has 0 amide bonds. The Morgan fingerprint density at radius 2 is 0.500 bits per heavy atom. The molecule has 4 N–H and O–H groups in total. The second kappa shape index (κ2) is 12.8. The van der Waals surface area contributed by atoms with Crippen molar-refractivity contribution in [2.45, 2.75) is 126 Å². The smallest absolute Gasteiger partial charge is 0.385 e. The van der Waals surface area contributed by atoms with Gasteiger partial charge in [-0.2, -0.15) is 70.2 Å². The van der Waals surface area contributed by atoms with Crippen LogP contribution in [0.25, 0.3) is 0 Å². The van der Waals surface area contributed by atoms with Gasteiger partial charge in [-0.25, -0.2) is 0 Å². The summed E-state index contributed by atoms with van der Waals surface area (Å²) < 4.78 is 239. The van der Waals surface area contributed by atoms with E-state index in [2.05, 4.69) is 0 Å². The molecule has 0 saturated carbocycles. The van der Waals surface area contributed by atoms with Crippen LogP contribution in [0.3, 0.4) is 0 Å². The van der Waals surface area contributed by atoms with E-state index in [4.69, 9.17) is 11.5 Å². The third-order valence-electron chi connectivity index (χ3n) is 8.46. The van der Waals surface area contributed by atoms with Crippen LogP contribution in [0.1, 0.15) is 112 Å². The molecule has 0 bridgehead atoms. The average Bonchev–Trinajstić information content (AvgIpc) is 2.95. The maximum Gasteiger partial charge on any atom is 0.385 e. The summed E-state index contributed by atoms with van der Waals surface area (Å²) in [7, 11) is 0. The summed E-state index contributed by atoms with van der Waals surface area (Å²) in [5.41, 5.74) is 4.94. The van der Waals surface area contributed by atoms with Gasteiger partial charge >= 0.3 is 47.4 Å². The molecule has 50 heavy (non-hydrogen) atoms. The Labute approximate surface area is 277 Å². The van der Waals surface area contributed by atoms with Gasteiger partial charge in [0.05, 0.1) is 0 Å². The molecule has 0 spiro atoms. The van der Waals surface area contributed by atoms with Gasteiger partial charge in [-0.05, 0) is 70.2 Å². The van der Waals surface area contributed by atoms with Crippen LogP contribution in [0.15, 0.2) is 24.3 Å². The summed E-state index contributed by atoms with van der Waals surface area (Å²) in [5.74, 6) is -66.1. The maximum absolute atomic E-state index is 15.2. The van der Waals surface area contributed by atoms with Crippen molar-refractivity contribution in [1.82, 2.24) is 0 Å². The van der Waals surface area contributed by atoms with Crippen molar-refractivity contribution in [2.75, 3.05) is 11.5 Å². The molecule has 0 heterocycles.